The number of esters is 2. The Kier molecular flexibility index (Phi) is 7.91. The van der Waals surface area contributed by atoms with Crippen LogP contribution in [0.3, 0.4) is 0 Å². The molecule has 2 saturated heterocycles. The maximum absolute atomic E-state index is 14.0. The number of aliphatic hydroxyl groups is 2. The van der Waals surface area contributed by atoms with Crippen molar-refractivity contribution in [2.24, 2.45) is 16.7 Å². The molecule has 8 atom stereocenters. The van der Waals surface area contributed by atoms with Gasteiger partial charge in [-0.1, -0.05) is 33.3 Å². The molecule has 9 nitrogen and oxygen atoms in total. The molecule has 2 heterocycles. The number of carbonyl (C=O) groups is 3. The second kappa shape index (κ2) is 10.2. The van der Waals surface area contributed by atoms with Crippen LogP contribution in [0.25, 0.3) is 0 Å². The van der Waals surface area contributed by atoms with E-state index in [1.807, 2.05) is 13.8 Å². The lowest BCUT2D eigenvalue weighted by Gasteiger charge is -2.71. The van der Waals surface area contributed by atoms with E-state index in [4.69, 9.17) is 14.2 Å². The zero-order valence-electron chi connectivity index (χ0n) is 24.5. The minimum absolute atomic E-state index is 0.154. The van der Waals surface area contributed by atoms with E-state index in [1.54, 1.807) is 13.8 Å². The molecule has 0 aromatic rings. The monoisotopic (exact) mass is 549 g/mol. The molecular weight excluding hydrogens is 502 g/mol. The molecule has 0 bridgehead atoms. The quantitative estimate of drug-likeness (QED) is 0.380. The van der Waals surface area contributed by atoms with Gasteiger partial charge in [0, 0.05) is 31.2 Å². The first-order valence-electron chi connectivity index (χ1n) is 14.4. The van der Waals surface area contributed by atoms with Gasteiger partial charge in [-0.05, 0) is 58.0 Å². The molecule has 4 aliphatic rings. The Morgan fingerprint density at radius 2 is 1.77 bits per heavy atom. The number of ketones is 1. The van der Waals surface area contributed by atoms with E-state index >= 15 is 0 Å². The molecule has 2 saturated carbocycles. The van der Waals surface area contributed by atoms with Crippen LogP contribution in [-0.4, -0.2) is 87.6 Å². The van der Waals surface area contributed by atoms with Gasteiger partial charge < -0.3 is 29.3 Å². The van der Waals surface area contributed by atoms with Gasteiger partial charge in [-0.2, -0.15) is 0 Å². The number of nitrogens with zero attached hydrogens (tertiary/aromatic N) is 1. The van der Waals surface area contributed by atoms with E-state index in [1.165, 1.54) is 26.3 Å². The second-order valence-electron chi connectivity index (χ2n) is 13.5. The lowest BCUT2D eigenvalue weighted by Crippen LogP contribution is -2.87. The predicted molar refractivity (Wildman–Crippen MR) is 144 cm³/mol. The Morgan fingerprint density at radius 1 is 1.13 bits per heavy atom. The summed E-state index contributed by atoms with van der Waals surface area (Å²) in [5.74, 6) is -2.34. The van der Waals surface area contributed by atoms with Gasteiger partial charge in [0.25, 0.3) is 0 Å². The lowest BCUT2D eigenvalue weighted by molar-refractivity contribution is -0.371. The number of hydrogen-bond donors (Lipinski definition) is 2. The van der Waals surface area contributed by atoms with Crippen molar-refractivity contribution >= 4 is 17.7 Å². The number of carbonyl (C=O) groups excluding carboxylic acids is 3. The number of hydrogen-bond acceptors (Lipinski definition) is 9. The number of Topliss-reactive ketones (excluding diaryl/α,β-unsaturated/α-hetero) is 1. The standard InChI is InChI=1S/C30H47NO8/c1-8-27(5)18-21(34)30(36)28(6)20(33)12-14-26(3,4)24(28)23(25(37-19(2)32)29(30,7)39-27)38-22(35)13-17-31-15-10-9-11-16-31/h8,20,23-25,33,36H,1,9-18H2,2-7H3/t20-,23?,24?,25?,27-,28?,29+,30-/m0/s1. The van der Waals surface area contributed by atoms with Gasteiger partial charge in [0.05, 0.1) is 18.1 Å². The first-order chi connectivity index (χ1) is 18.1. The maximum atomic E-state index is 14.0. The summed E-state index contributed by atoms with van der Waals surface area (Å²) in [7, 11) is 0. The highest BCUT2D eigenvalue weighted by atomic mass is 16.6. The van der Waals surface area contributed by atoms with Gasteiger partial charge >= 0.3 is 11.9 Å². The van der Waals surface area contributed by atoms with Crippen molar-refractivity contribution in [3.63, 3.8) is 0 Å². The molecule has 9 heteroatoms. The normalized spacial score (nSPS) is 44.1. The highest BCUT2D eigenvalue weighted by Gasteiger charge is 2.82. The van der Waals surface area contributed by atoms with Crippen LogP contribution in [-0.2, 0) is 28.6 Å². The number of ether oxygens (including phenoxy) is 3. The Morgan fingerprint density at radius 3 is 2.36 bits per heavy atom. The molecule has 0 aromatic heterocycles. The fourth-order valence-electron chi connectivity index (χ4n) is 8.39. The minimum Gasteiger partial charge on any atom is -0.458 e. The third-order valence-electron chi connectivity index (χ3n) is 10.3. The number of piperidine rings is 1. The van der Waals surface area contributed by atoms with Crippen molar-refractivity contribution in [2.45, 2.75) is 122 Å². The van der Waals surface area contributed by atoms with Crippen LogP contribution in [0.15, 0.2) is 12.7 Å². The Balaban J connectivity index is 1.83. The van der Waals surface area contributed by atoms with E-state index in [-0.39, 0.29) is 12.8 Å². The lowest BCUT2D eigenvalue weighted by atomic mass is 9.39. The zero-order chi connectivity index (χ0) is 29.0. The summed E-state index contributed by atoms with van der Waals surface area (Å²) < 4.78 is 18.6. The van der Waals surface area contributed by atoms with Crippen LogP contribution in [0.1, 0.15) is 86.5 Å². The van der Waals surface area contributed by atoms with Gasteiger partial charge in [0.15, 0.2) is 17.5 Å². The van der Waals surface area contributed by atoms with Crippen LogP contribution in [0.4, 0.5) is 0 Å². The van der Waals surface area contributed by atoms with E-state index in [2.05, 4.69) is 11.5 Å². The molecule has 0 radical (unpaired) electrons. The smallest absolute Gasteiger partial charge is 0.307 e. The molecule has 220 valence electrons. The highest BCUT2D eigenvalue weighted by molar-refractivity contribution is 5.92. The maximum Gasteiger partial charge on any atom is 0.307 e. The molecule has 2 aliphatic heterocycles. The summed E-state index contributed by atoms with van der Waals surface area (Å²) in [4.78, 5) is 42.2. The third-order valence-corrected chi connectivity index (χ3v) is 10.3. The molecule has 4 rings (SSSR count). The van der Waals surface area contributed by atoms with E-state index in [0.717, 1.165) is 25.9 Å². The number of fused-ring (bicyclic) bond motifs is 3. The molecule has 0 amide bonds. The van der Waals surface area contributed by atoms with Crippen LogP contribution >= 0.6 is 0 Å². The molecule has 4 fully saturated rings. The number of likely N-dealkylation sites (tertiary alicyclic amines) is 1. The van der Waals surface area contributed by atoms with Gasteiger partial charge in [-0.25, -0.2) is 0 Å². The summed E-state index contributed by atoms with van der Waals surface area (Å²) in [5, 5.41) is 24.2. The zero-order valence-corrected chi connectivity index (χ0v) is 24.5. The van der Waals surface area contributed by atoms with Gasteiger partial charge in [-0.15, -0.1) is 6.58 Å². The summed E-state index contributed by atoms with van der Waals surface area (Å²) >= 11 is 0. The van der Waals surface area contributed by atoms with E-state index < -0.39 is 69.6 Å². The first-order valence-corrected chi connectivity index (χ1v) is 14.4. The van der Waals surface area contributed by atoms with Crippen molar-refractivity contribution in [1.29, 1.82) is 0 Å². The molecule has 2 aliphatic carbocycles. The van der Waals surface area contributed by atoms with Gasteiger partial charge in [-0.3, -0.25) is 14.4 Å². The molecule has 39 heavy (non-hydrogen) atoms. The van der Waals surface area contributed by atoms with Crippen LogP contribution in [0.5, 0.6) is 0 Å². The fraction of sp³-hybridized carbons (Fsp3) is 0.833. The van der Waals surface area contributed by atoms with E-state index in [0.29, 0.717) is 19.4 Å². The number of rotatable bonds is 6. The fourth-order valence-corrected chi connectivity index (χ4v) is 8.39. The number of aliphatic hydroxyl groups excluding tert-OH is 1. The summed E-state index contributed by atoms with van der Waals surface area (Å²) in [6.45, 7) is 16.4. The van der Waals surface area contributed by atoms with Gasteiger partial charge in [0.2, 0.25) is 0 Å². The van der Waals surface area contributed by atoms with Crippen LogP contribution in [0.2, 0.25) is 0 Å². The largest absolute Gasteiger partial charge is 0.458 e. The Labute approximate surface area is 232 Å². The Hall–Kier alpha value is -1.81. The van der Waals surface area contributed by atoms with Crippen molar-refractivity contribution in [1.82, 2.24) is 4.90 Å². The van der Waals surface area contributed by atoms with Crippen molar-refractivity contribution < 1.29 is 38.8 Å². The second-order valence-corrected chi connectivity index (χ2v) is 13.5. The summed E-state index contributed by atoms with van der Waals surface area (Å²) in [6, 6.07) is 0. The van der Waals surface area contributed by atoms with Crippen molar-refractivity contribution in [3.8, 4) is 0 Å². The minimum atomic E-state index is -2.24. The van der Waals surface area contributed by atoms with Crippen molar-refractivity contribution in [2.75, 3.05) is 19.6 Å². The van der Waals surface area contributed by atoms with Crippen LogP contribution < -0.4 is 0 Å². The average Bonchev–Trinajstić information content (AvgIpc) is 2.86. The Bertz CT molecular complexity index is 1010. The average molecular weight is 550 g/mol. The summed E-state index contributed by atoms with van der Waals surface area (Å²) in [6.07, 6.45) is 2.33. The van der Waals surface area contributed by atoms with E-state index in [9.17, 15) is 24.6 Å². The SMILES string of the molecule is C=C[C@@]1(C)CC(=O)[C@]2(O)C3(C)C(C(OC(=O)CCN4CCCCC4)C(OC(C)=O)[C@@]2(C)O1)C(C)(C)CC[C@@H]3O. The topological polar surface area (TPSA) is 123 Å². The molecule has 0 spiro atoms. The highest BCUT2D eigenvalue weighted by Crippen LogP contribution is 2.67. The molecule has 4 unspecified atom stereocenters. The third kappa shape index (κ3) is 4.67. The van der Waals surface area contributed by atoms with Crippen molar-refractivity contribution in [3.05, 3.63) is 12.7 Å². The van der Waals surface area contributed by atoms with Gasteiger partial charge in [0.1, 0.15) is 11.7 Å². The first kappa shape index (κ1) is 30.2. The molecule has 2 N–H and O–H groups in total. The molecular formula is C30H47NO8. The van der Waals surface area contributed by atoms with Crippen LogP contribution in [0, 0.1) is 16.7 Å². The summed E-state index contributed by atoms with van der Waals surface area (Å²) in [5.41, 5.74) is -7.29. The molecule has 0 aromatic carbocycles. The predicted octanol–water partition coefficient (Wildman–Crippen LogP) is 2.95.